The molecule has 10 rings (SSSR count). The van der Waals surface area contributed by atoms with Crippen LogP contribution >= 0.6 is 0 Å². The summed E-state index contributed by atoms with van der Waals surface area (Å²) in [5, 5.41) is -2.20. The minimum Gasteiger partial charge on any atom is -0.0616 e. The standard InChI is InChI=1S/C44H26/c1-2-10-32-26-33(19-16-27(32)8-1)41-35-14-5-6-15-36(35)44(43-34-13-4-3-9-28(34)20-25-39(41)43)38-24-22-31-18-17-29-11-7-12-30-21-23-37(38)42(31)40(29)30/h1-26H/i3D,4D,5D,6D,7D,9D,11D,12D,13D,14D,15D,17D,18D,20D,21D,22D,23D,24D,25D. The largest absolute Gasteiger partial charge is 0.0630 e. The summed E-state index contributed by atoms with van der Waals surface area (Å²) in [4.78, 5) is 0. The molecule has 0 N–H and O–H groups in total. The van der Waals surface area contributed by atoms with Crippen LogP contribution in [-0.4, -0.2) is 0 Å². The summed E-state index contributed by atoms with van der Waals surface area (Å²) in [5.74, 6) is 0. The van der Waals surface area contributed by atoms with E-state index in [0.29, 0.717) is 10.9 Å². The lowest BCUT2D eigenvalue weighted by atomic mass is 9.82. The van der Waals surface area contributed by atoms with Crippen molar-refractivity contribution in [3.63, 3.8) is 0 Å². The summed E-state index contributed by atoms with van der Waals surface area (Å²) in [6, 6.07) is -0.694. The van der Waals surface area contributed by atoms with Crippen molar-refractivity contribution >= 4 is 75.4 Å². The third-order valence-corrected chi connectivity index (χ3v) is 8.29. The van der Waals surface area contributed by atoms with Gasteiger partial charge in [0, 0.05) is 0 Å². The van der Waals surface area contributed by atoms with Gasteiger partial charge in [0.2, 0.25) is 0 Å². The van der Waals surface area contributed by atoms with Gasteiger partial charge in [-0.15, -0.1) is 0 Å². The maximum atomic E-state index is 9.75. The Bertz CT molecular complexity index is 3810. The smallest absolute Gasteiger partial charge is 0.0616 e. The van der Waals surface area contributed by atoms with Crippen molar-refractivity contribution in [1.82, 2.24) is 0 Å². The van der Waals surface area contributed by atoms with Gasteiger partial charge in [-0.05, 0) is 104 Å². The van der Waals surface area contributed by atoms with Crippen molar-refractivity contribution in [2.45, 2.75) is 0 Å². The van der Waals surface area contributed by atoms with Crippen LogP contribution < -0.4 is 0 Å². The number of hydrogen-bond donors (Lipinski definition) is 0. The molecule has 10 aromatic carbocycles. The molecule has 0 heteroatoms. The van der Waals surface area contributed by atoms with Gasteiger partial charge in [0.25, 0.3) is 0 Å². The molecule has 202 valence electrons. The van der Waals surface area contributed by atoms with E-state index >= 15 is 0 Å². The summed E-state index contributed by atoms with van der Waals surface area (Å²) in [6.45, 7) is 0. The van der Waals surface area contributed by atoms with Crippen LogP contribution in [-0.2, 0) is 0 Å². The van der Waals surface area contributed by atoms with E-state index in [1.807, 2.05) is 12.1 Å². The second-order valence-electron chi connectivity index (χ2n) is 10.6. The fourth-order valence-corrected chi connectivity index (χ4v) is 6.41. The predicted molar refractivity (Wildman–Crippen MR) is 191 cm³/mol. The fraction of sp³-hybridized carbons (Fsp3) is 0. The molecule has 0 spiro atoms. The minimum absolute atomic E-state index is 0.00936. The molecule has 0 heterocycles. The summed E-state index contributed by atoms with van der Waals surface area (Å²) in [6.07, 6.45) is 0. The Morgan fingerprint density at radius 2 is 0.955 bits per heavy atom. The van der Waals surface area contributed by atoms with E-state index in [1.54, 1.807) is 30.3 Å². The van der Waals surface area contributed by atoms with Gasteiger partial charge >= 0.3 is 0 Å². The van der Waals surface area contributed by atoms with Crippen molar-refractivity contribution in [3.8, 4) is 22.3 Å². The molecule has 0 saturated carbocycles. The Balaban J connectivity index is 1.64. The zero-order valence-corrected chi connectivity index (χ0v) is 22.5. The maximum absolute atomic E-state index is 9.75. The van der Waals surface area contributed by atoms with E-state index in [1.165, 1.54) is 0 Å². The highest BCUT2D eigenvalue weighted by atomic mass is 14.2. The Kier molecular flexibility index (Phi) is 2.45. The zero-order valence-electron chi connectivity index (χ0n) is 41.5. The highest BCUT2D eigenvalue weighted by Gasteiger charge is 2.21. The van der Waals surface area contributed by atoms with Gasteiger partial charge in [0.1, 0.15) is 0 Å². The molecular weight excluding hydrogens is 528 g/mol. The maximum Gasteiger partial charge on any atom is 0.0630 e. The highest BCUT2D eigenvalue weighted by Crippen LogP contribution is 2.49. The lowest BCUT2D eigenvalue weighted by Crippen LogP contribution is -1.93. The van der Waals surface area contributed by atoms with Gasteiger partial charge in [0.15, 0.2) is 0 Å². The second kappa shape index (κ2) is 8.89. The molecular formula is C44H26. The summed E-state index contributed by atoms with van der Waals surface area (Å²) < 4.78 is 174. The van der Waals surface area contributed by atoms with Gasteiger partial charge < -0.3 is 0 Å². The molecule has 0 radical (unpaired) electrons. The molecule has 0 bridgehead atoms. The number of fused-ring (bicyclic) bond motifs is 5. The van der Waals surface area contributed by atoms with Crippen molar-refractivity contribution in [1.29, 1.82) is 0 Å². The third kappa shape index (κ3) is 3.23. The Labute approximate surface area is 281 Å². The number of hydrogen-bond acceptors (Lipinski definition) is 0. The molecule has 0 aliphatic heterocycles. The van der Waals surface area contributed by atoms with E-state index in [4.69, 9.17) is 13.7 Å². The topological polar surface area (TPSA) is 0 Å². The van der Waals surface area contributed by atoms with E-state index in [0.717, 1.165) is 5.39 Å². The van der Waals surface area contributed by atoms with Crippen molar-refractivity contribution < 1.29 is 26.0 Å². The van der Waals surface area contributed by atoms with Crippen LogP contribution in [0.1, 0.15) is 26.0 Å². The van der Waals surface area contributed by atoms with Gasteiger partial charge in [0.05, 0.1) is 26.0 Å². The van der Waals surface area contributed by atoms with Gasteiger partial charge in [-0.2, -0.15) is 0 Å². The molecule has 0 nitrogen and oxygen atoms in total. The molecule has 0 aliphatic carbocycles. The molecule has 0 saturated heterocycles. The molecule has 0 aromatic heterocycles. The molecule has 0 atom stereocenters. The molecule has 0 unspecified atom stereocenters. The Morgan fingerprint density at radius 3 is 1.80 bits per heavy atom. The van der Waals surface area contributed by atoms with Crippen LogP contribution in [0.4, 0.5) is 0 Å². The van der Waals surface area contributed by atoms with Crippen LogP contribution in [0.5, 0.6) is 0 Å². The summed E-state index contributed by atoms with van der Waals surface area (Å²) in [7, 11) is 0. The molecule has 44 heavy (non-hydrogen) atoms. The van der Waals surface area contributed by atoms with E-state index in [9.17, 15) is 12.3 Å². The average Bonchev–Trinajstić information content (AvgIpc) is 3.27. The Morgan fingerprint density at radius 1 is 0.341 bits per heavy atom. The average molecular weight is 574 g/mol. The van der Waals surface area contributed by atoms with Gasteiger partial charge in [-0.25, -0.2) is 0 Å². The molecule has 0 amide bonds. The number of benzene rings is 10. The lowest BCUT2D eigenvalue weighted by Gasteiger charge is -2.21. The van der Waals surface area contributed by atoms with Crippen LogP contribution in [0.25, 0.3) is 97.7 Å². The molecule has 0 aliphatic rings. The van der Waals surface area contributed by atoms with Crippen LogP contribution in [0.3, 0.4) is 0 Å². The van der Waals surface area contributed by atoms with Crippen molar-refractivity contribution in [2.24, 2.45) is 0 Å². The monoisotopic (exact) mass is 573 g/mol. The molecule has 0 fully saturated rings. The quantitative estimate of drug-likeness (QED) is 0.142. The van der Waals surface area contributed by atoms with E-state index in [-0.39, 0.29) is 70.4 Å². The first kappa shape index (κ1) is 12.1. The van der Waals surface area contributed by atoms with Crippen molar-refractivity contribution in [3.05, 3.63) is 157 Å². The summed E-state index contributed by atoms with van der Waals surface area (Å²) in [5.41, 5.74) is -0.565. The number of rotatable bonds is 2. The minimum atomic E-state index is -0.774. The van der Waals surface area contributed by atoms with Crippen LogP contribution in [0.2, 0.25) is 0 Å². The fourth-order valence-electron chi connectivity index (χ4n) is 6.41. The SMILES string of the molecule is [2H]c1c([2H])c([2H])c2c(-c3c([2H])c([2H])c4c([2H])c([2H])c5c([2H])c([2H])c([2H])c6c([2H])c([2H])c3c4c56)c3c(c([2H])c([2H])c4c([2H])c([2H])c([2H])c([2H])c43)c(-c3ccc4ccccc4c3)c2c1[2H]. The summed E-state index contributed by atoms with van der Waals surface area (Å²) >= 11 is 0. The highest BCUT2D eigenvalue weighted by molar-refractivity contribution is 6.32. The first-order chi connectivity index (χ1) is 29.8. The third-order valence-electron chi connectivity index (χ3n) is 8.29. The first-order valence-corrected chi connectivity index (χ1v) is 13.8. The normalized spacial score (nSPS) is 18.1. The lowest BCUT2D eigenvalue weighted by molar-refractivity contribution is 1.70. The zero-order chi connectivity index (χ0) is 45.3. The van der Waals surface area contributed by atoms with Crippen LogP contribution in [0.15, 0.2) is 157 Å². The molecule has 10 aromatic rings. The van der Waals surface area contributed by atoms with Crippen molar-refractivity contribution in [2.75, 3.05) is 0 Å². The van der Waals surface area contributed by atoms with E-state index in [2.05, 4.69) is 0 Å². The van der Waals surface area contributed by atoms with Gasteiger partial charge in [-0.3, -0.25) is 0 Å². The second-order valence-corrected chi connectivity index (χ2v) is 10.6. The Hall–Kier alpha value is -5.72. The van der Waals surface area contributed by atoms with Gasteiger partial charge in [-0.1, -0.05) is 151 Å². The first-order valence-electron chi connectivity index (χ1n) is 23.3. The predicted octanol–water partition coefficient (Wildman–Crippen LogP) is 12.5. The van der Waals surface area contributed by atoms with E-state index < -0.39 is 126 Å². The van der Waals surface area contributed by atoms with Crippen LogP contribution in [0, 0.1) is 0 Å².